The molecule has 0 saturated carbocycles. The molecule has 3 aromatic carbocycles. The van der Waals surface area contributed by atoms with Crippen LogP contribution >= 0.6 is 11.3 Å². The van der Waals surface area contributed by atoms with Crippen molar-refractivity contribution in [2.24, 2.45) is 0 Å². The molecule has 2 N–H and O–H groups in total. The summed E-state index contributed by atoms with van der Waals surface area (Å²) in [6.45, 7) is 2.35. The first kappa shape index (κ1) is 22.0. The summed E-state index contributed by atoms with van der Waals surface area (Å²) in [6.07, 6.45) is 6.41. The van der Waals surface area contributed by atoms with E-state index in [-0.39, 0.29) is 23.4 Å². The molecule has 4 aromatic rings. The van der Waals surface area contributed by atoms with E-state index < -0.39 is 0 Å². The first-order chi connectivity index (χ1) is 16.5. The first-order valence-corrected chi connectivity index (χ1v) is 11.9. The van der Waals surface area contributed by atoms with E-state index in [0.717, 1.165) is 45.8 Å². The first-order valence-electron chi connectivity index (χ1n) is 11.0. The number of carbonyl (C=O) groups is 1. The van der Waals surface area contributed by atoms with E-state index in [0.29, 0.717) is 17.7 Å². The lowest BCUT2D eigenvalue weighted by atomic mass is 9.97. The number of aromatic hydroxyl groups is 2. The molecule has 1 atom stereocenters. The van der Waals surface area contributed by atoms with Crippen LogP contribution in [0.5, 0.6) is 17.2 Å². The molecule has 0 aliphatic carbocycles. The molecule has 1 aliphatic rings. The highest BCUT2D eigenvalue weighted by Crippen LogP contribution is 2.41. The van der Waals surface area contributed by atoms with Gasteiger partial charge in [0.05, 0.1) is 6.54 Å². The molecule has 0 radical (unpaired) electrons. The summed E-state index contributed by atoms with van der Waals surface area (Å²) in [5, 5.41) is 20.4. The minimum absolute atomic E-state index is 0.0875. The minimum Gasteiger partial charge on any atom is -0.508 e. The van der Waals surface area contributed by atoms with E-state index >= 15 is 0 Å². The van der Waals surface area contributed by atoms with Crippen molar-refractivity contribution in [1.82, 2.24) is 4.90 Å². The number of phenols is 2. The average Bonchev–Trinajstić information content (AvgIpc) is 3.43. The number of terminal acetylenes is 1. The number of hydrogen-bond donors (Lipinski definition) is 2. The Balaban J connectivity index is 1.44. The molecule has 170 valence electrons. The van der Waals surface area contributed by atoms with E-state index in [4.69, 9.17) is 11.2 Å². The molecule has 1 aliphatic heterocycles. The van der Waals surface area contributed by atoms with Crippen molar-refractivity contribution in [1.29, 1.82) is 0 Å². The van der Waals surface area contributed by atoms with E-state index in [9.17, 15) is 15.0 Å². The molecular weight excluding hydrogens is 446 g/mol. The third-order valence-corrected chi connectivity index (χ3v) is 7.20. The largest absolute Gasteiger partial charge is 0.508 e. The van der Waals surface area contributed by atoms with E-state index in [1.807, 2.05) is 12.1 Å². The highest BCUT2D eigenvalue weighted by molar-refractivity contribution is 7.22. The SMILES string of the molecule is C#CCN1CC[C@@H](Oc2ccc(C(=O)c3c(-c4ccc(O)cc4)sc4cc(O)ccc34)cc2)C1. The molecule has 6 heteroatoms. The van der Waals surface area contributed by atoms with Gasteiger partial charge >= 0.3 is 0 Å². The quantitative estimate of drug-likeness (QED) is 0.296. The fourth-order valence-corrected chi connectivity index (χ4v) is 5.55. The number of phenolic OH excluding ortho intramolecular Hbond substituents is 2. The Morgan fingerprint density at radius 1 is 1.06 bits per heavy atom. The van der Waals surface area contributed by atoms with Crippen LogP contribution in [0.4, 0.5) is 0 Å². The molecule has 2 heterocycles. The molecule has 5 rings (SSSR count). The zero-order valence-electron chi connectivity index (χ0n) is 18.4. The predicted molar refractivity (Wildman–Crippen MR) is 135 cm³/mol. The monoisotopic (exact) mass is 469 g/mol. The molecule has 1 saturated heterocycles. The predicted octanol–water partition coefficient (Wildman–Crippen LogP) is 5.30. The van der Waals surface area contributed by atoms with Crippen molar-refractivity contribution in [3.05, 3.63) is 77.9 Å². The second-order valence-corrected chi connectivity index (χ2v) is 9.41. The normalized spacial score (nSPS) is 15.9. The van der Waals surface area contributed by atoms with Crippen molar-refractivity contribution in [2.75, 3.05) is 19.6 Å². The van der Waals surface area contributed by atoms with Crippen LogP contribution in [0.1, 0.15) is 22.3 Å². The number of hydrogen-bond acceptors (Lipinski definition) is 6. The topological polar surface area (TPSA) is 70.0 Å². The van der Waals surface area contributed by atoms with E-state index in [2.05, 4.69) is 10.8 Å². The lowest BCUT2D eigenvalue weighted by Gasteiger charge is -2.15. The van der Waals surface area contributed by atoms with Crippen LogP contribution in [0.15, 0.2) is 66.7 Å². The molecule has 1 aromatic heterocycles. The molecule has 0 bridgehead atoms. The molecular formula is C28H23NO4S. The van der Waals surface area contributed by atoms with Crippen LogP contribution in [0.25, 0.3) is 20.5 Å². The Kier molecular flexibility index (Phi) is 5.97. The maximum atomic E-state index is 13.7. The number of fused-ring (bicyclic) bond motifs is 1. The number of thiophene rings is 1. The second-order valence-electron chi connectivity index (χ2n) is 8.35. The molecule has 34 heavy (non-hydrogen) atoms. The van der Waals surface area contributed by atoms with Gasteiger partial charge in [0, 0.05) is 39.2 Å². The van der Waals surface area contributed by atoms with Gasteiger partial charge in [0.2, 0.25) is 0 Å². The maximum Gasteiger partial charge on any atom is 0.195 e. The van der Waals surface area contributed by atoms with Gasteiger partial charge < -0.3 is 14.9 Å². The number of likely N-dealkylation sites (tertiary alicyclic amines) is 1. The summed E-state index contributed by atoms with van der Waals surface area (Å²) in [7, 11) is 0. The summed E-state index contributed by atoms with van der Waals surface area (Å²) in [5.74, 6) is 3.61. The van der Waals surface area contributed by atoms with Gasteiger partial charge in [0.25, 0.3) is 0 Å². The summed E-state index contributed by atoms with van der Waals surface area (Å²) in [5.41, 5.74) is 1.97. The Morgan fingerprint density at radius 2 is 1.79 bits per heavy atom. The van der Waals surface area contributed by atoms with Crippen molar-refractivity contribution in [2.45, 2.75) is 12.5 Å². The number of benzene rings is 3. The smallest absolute Gasteiger partial charge is 0.195 e. The fourth-order valence-electron chi connectivity index (χ4n) is 4.31. The Morgan fingerprint density at radius 3 is 2.53 bits per heavy atom. The Hall–Kier alpha value is -3.79. The highest BCUT2D eigenvalue weighted by atomic mass is 32.1. The van der Waals surface area contributed by atoms with Crippen molar-refractivity contribution < 1.29 is 19.7 Å². The number of carbonyl (C=O) groups excluding carboxylic acids is 1. The van der Waals surface area contributed by atoms with E-state index in [1.165, 1.54) is 11.3 Å². The van der Waals surface area contributed by atoms with Crippen LogP contribution < -0.4 is 4.74 Å². The van der Waals surface area contributed by atoms with Gasteiger partial charge in [0.1, 0.15) is 23.4 Å². The van der Waals surface area contributed by atoms with Crippen LogP contribution in [-0.4, -0.2) is 46.6 Å². The zero-order valence-corrected chi connectivity index (χ0v) is 19.2. The van der Waals surface area contributed by atoms with Gasteiger partial charge in [-0.3, -0.25) is 9.69 Å². The van der Waals surface area contributed by atoms with Crippen molar-refractivity contribution in [3.8, 4) is 40.0 Å². The summed E-state index contributed by atoms with van der Waals surface area (Å²) >= 11 is 1.44. The third-order valence-electron chi connectivity index (χ3n) is 5.99. The number of ether oxygens (including phenoxy) is 1. The third kappa shape index (κ3) is 4.36. The van der Waals surface area contributed by atoms with Gasteiger partial charge in [-0.1, -0.05) is 5.92 Å². The van der Waals surface area contributed by atoms with Crippen LogP contribution in [-0.2, 0) is 0 Å². The lowest BCUT2D eigenvalue weighted by molar-refractivity contribution is 0.104. The number of nitrogens with zero attached hydrogens (tertiary/aromatic N) is 1. The standard InChI is InChI=1S/C28H23NO4S/c1-2-14-29-15-13-23(17-29)33-22-10-5-18(6-11-22)27(32)26-24-12-9-21(31)16-25(24)34-28(26)19-3-7-20(30)8-4-19/h1,3-12,16,23,30-31H,13-15,17H2/t23-/m1/s1. The number of ketones is 1. The summed E-state index contributed by atoms with van der Waals surface area (Å²) in [6, 6.07) is 19.1. The Labute approximate surface area is 201 Å². The van der Waals surface area contributed by atoms with Gasteiger partial charge in [0.15, 0.2) is 5.78 Å². The van der Waals surface area contributed by atoms with Crippen LogP contribution in [0.2, 0.25) is 0 Å². The van der Waals surface area contributed by atoms with Crippen LogP contribution in [0.3, 0.4) is 0 Å². The summed E-state index contributed by atoms with van der Waals surface area (Å²) < 4.78 is 6.92. The van der Waals surface area contributed by atoms with Crippen LogP contribution in [0, 0.1) is 12.3 Å². The van der Waals surface area contributed by atoms with Gasteiger partial charge in [-0.15, -0.1) is 17.8 Å². The highest BCUT2D eigenvalue weighted by Gasteiger charge is 2.24. The molecule has 0 unspecified atom stereocenters. The van der Waals surface area contributed by atoms with E-state index in [1.54, 1.807) is 54.6 Å². The minimum atomic E-state index is -0.104. The lowest BCUT2D eigenvalue weighted by Crippen LogP contribution is -2.25. The molecule has 0 spiro atoms. The Bertz CT molecular complexity index is 1380. The fraction of sp³-hybridized carbons (Fsp3) is 0.179. The van der Waals surface area contributed by atoms with Crippen molar-refractivity contribution in [3.63, 3.8) is 0 Å². The average molecular weight is 470 g/mol. The molecule has 0 amide bonds. The second kappa shape index (κ2) is 9.22. The molecule has 1 fully saturated rings. The molecule has 5 nitrogen and oxygen atoms in total. The zero-order chi connectivity index (χ0) is 23.7. The number of rotatable bonds is 6. The van der Waals surface area contributed by atoms with Gasteiger partial charge in [-0.05, 0) is 78.7 Å². The maximum absolute atomic E-state index is 13.7. The van der Waals surface area contributed by atoms with Crippen molar-refractivity contribution >= 4 is 27.2 Å². The van der Waals surface area contributed by atoms with Gasteiger partial charge in [-0.2, -0.15) is 0 Å². The van der Waals surface area contributed by atoms with Gasteiger partial charge in [-0.25, -0.2) is 0 Å². The summed E-state index contributed by atoms with van der Waals surface area (Å²) in [4.78, 5) is 16.7.